The van der Waals surface area contributed by atoms with Crippen LogP contribution in [0.2, 0.25) is 0 Å². The lowest BCUT2D eigenvalue weighted by Gasteiger charge is -2.17. The fourth-order valence-corrected chi connectivity index (χ4v) is 4.33. The van der Waals surface area contributed by atoms with E-state index >= 15 is 0 Å². The van der Waals surface area contributed by atoms with Crippen molar-refractivity contribution in [3.8, 4) is 0 Å². The highest BCUT2D eigenvalue weighted by Gasteiger charge is 2.32. The van der Waals surface area contributed by atoms with Crippen molar-refractivity contribution < 1.29 is 9.18 Å². The second-order valence-electron chi connectivity index (χ2n) is 7.28. The summed E-state index contributed by atoms with van der Waals surface area (Å²) in [5, 5.41) is 1.25. The molecule has 8 heteroatoms. The Morgan fingerprint density at radius 1 is 0.939 bits per heavy atom. The van der Waals surface area contributed by atoms with Crippen LogP contribution in [-0.4, -0.2) is 21.0 Å². The van der Waals surface area contributed by atoms with Gasteiger partial charge in [-0.15, -0.1) is 0 Å². The summed E-state index contributed by atoms with van der Waals surface area (Å²) in [6.07, 6.45) is 1.73. The molecule has 0 radical (unpaired) electrons. The Bertz CT molecular complexity index is 1400. The Hall–Kier alpha value is -4.04. The first-order chi connectivity index (χ1) is 16.1. The van der Waals surface area contributed by atoms with Gasteiger partial charge in [0.2, 0.25) is 0 Å². The molecule has 0 unspecified atom stereocenters. The van der Waals surface area contributed by atoms with Crippen molar-refractivity contribution >= 4 is 51.3 Å². The highest BCUT2D eigenvalue weighted by molar-refractivity contribution is 8.13. The maximum atomic E-state index is 13.5. The number of hydrogen-bond acceptors (Lipinski definition) is 6. The summed E-state index contributed by atoms with van der Waals surface area (Å²) >= 11 is 1.32. The standard InChI is InChI=1S/C25H18FN5OS/c26-17-10-12-18(13-11-17)31-24(32)21(14-16-6-2-1-3-7-16)29-25(31)33-15-22-28-20-9-5-4-8-19(20)23(27)30-22/h1-14H,15H2,(H2,27,28,30)/b21-14-. The van der Waals surface area contributed by atoms with Crippen LogP contribution < -0.4 is 10.6 Å². The first-order valence-electron chi connectivity index (χ1n) is 10.2. The summed E-state index contributed by atoms with van der Waals surface area (Å²) in [4.78, 5) is 28.3. The van der Waals surface area contributed by atoms with Gasteiger partial charge in [0.25, 0.3) is 5.91 Å². The first-order valence-corrected chi connectivity index (χ1v) is 11.2. The quantitative estimate of drug-likeness (QED) is 0.437. The molecule has 0 bridgehead atoms. The van der Waals surface area contributed by atoms with Crippen molar-refractivity contribution in [2.45, 2.75) is 5.75 Å². The van der Waals surface area contributed by atoms with Crippen molar-refractivity contribution in [3.63, 3.8) is 0 Å². The predicted molar refractivity (Wildman–Crippen MR) is 131 cm³/mol. The molecule has 1 aliphatic rings. The van der Waals surface area contributed by atoms with E-state index in [4.69, 9.17) is 5.73 Å². The summed E-state index contributed by atoms with van der Waals surface area (Å²) < 4.78 is 13.5. The third kappa shape index (κ3) is 4.33. The Balaban J connectivity index is 1.48. The molecule has 2 N–H and O–H groups in total. The third-order valence-corrected chi connectivity index (χ3v) is 5.96. The highest BCUT2D eigenvalue weighted by atomic mass is 32.2. The van der Waals surface area contributed by atoms with Crippen LogP contribution in [0.1, 0.15) is 11.4 Å². The number of aliphatic imine (C=N–C) groups is 1. The van der Waals surface area contributed by atoms with Crippen LogP contribution in [-0.2, 0) is 10.5 Å². The molecule has 0 saturated carbocycles. The van der Waals surface area contributed by atoms with E-state index in [-0.39, 0.29) is 11.7 Å². The molecule has 0 atom stereocenters. The summed E-state index contributed by atoms with van der Waals surface area (Å²) in [7, 11) is 0. The molecular formula is C25H18FN5OS. The lowest BCUT2D eigenvalue weighted by atomic mass is 10.2. The number of nitrogens with zero attached hydrogens (tertiary/aromatic N) is 4. The minimum atomic E-state index is -0.378. The number of para-hydroxylation sites is 1. The predicted octanol–water partition coefficient (Wildman–Crippen LogP) is 5.03. The van der Waals surface area contributed by atoms with Crippen molar-refractivity contribution in [3.05, 3.63) is 102 Å². The van der Waals surface area contributed by atoms with Gasteiger partial charge in [0, 0.05) is 5.39 Å². The molecule has 0 saturated heterocycles. The number of carbonyl (C=O) groups is 1. The van der Waals surface area contributed by atoms with Gasteiger partial charge < -0.3 is 5.73 Å². The number of carbonyl (C=O) groups excluding carboxylic acids is 1. The fraction of sp³-hybridized carbons (Fsp3) is 0.0400. The van der Waals surface area contributed by atoms with Crippen molar-refractivity contribution in [2.75, 3.05) is 10.6 Å². The Kier molecular flexibility index (Phi) is 5.58. The van der Waals surface area contributed by atoms with Gasteiger partial charge in [0.05, 0.1) is 17.0 Å². The SMILES string of the molecule is Nc1nc(CSC2=N/C(=C\c3ccccc3)C(=O)N2c2ccc(F)cc2)nc2ccccc12. The van der Waals surface area contributed by atoms with Crippen LogP contribution in [0.15, 0.2) is 89.6 Å². The molecular weight excluding hydrogens is 437 g/mol. The number of halogens is 1. The number of anilines is 2. The van der Waals surface area contributed by atoms with Gasteiger partial charge in [-0.05, 0) is 48.0 Å². The number of hydrogen-bond donors (Lipinski definition) is 1. The van der Waals surface area contributed by atoms with Crippen LogP contribution in [0, 0.1) is 5.82 Å². The summed E-state index contributed by atoms with van der Waals surface area (Å²) in [6, 6.07) is 22.8. The van der Waals surface area contributed by atoms with Crippen LogP contribution in [0.25, 0.3) is 17.0 Å². The zero-order valence-corrected chi connectivity index (χ0v) is 18.2. The molecule has 162 valence electrons. The van der Waals surface area contributed by atoms with Gasteiger partial charge in [-0.2, -0.15) is 0 Å². The van der Waals surface area contributed by atoms with Crippen molar-refractivity contribution in [1.82, 2.24) is 9.97 Å². The molecule has 1 aliphatic heterocycles. The molecule has 2 heterocycles. The van der Waals surface area contributed by atoms with Gasteiger partial charge in [0.15, 0.2) is 5.17 Å². The largest absolute Gasteiger partial charge is 0.383 e. The zero-order chi connectivity index (χ0) is 22.8. The number of amides is 1. The van der Waals surface area contributed by atoms with Crippen molar-refractivity contribution in [1.29, 1.82) is 0 Å². The number of amidine groups is 1. The average molecular weight is 456 g/mol. The van der Waals surface area contributed by atoms with Crippen LogP contribution in [0.5, 0.6) is 0 Å². The molecule has 5 rings (SSSR count). The Labute approximate surface area is 193 Å². The van der Waals surface area contributed by atoms with Crippen LogP contribution in [0.3, 0.4) is 0 Å². The molecule has 0 spiro atoms. The minimum absolute atomic E-state index is 0.285. The number of thioether (sulfide) groups is 1. The van der Waals surface area contributed by atoms with Gasteiger partial charge in [0.1, 0.15) is 23.2 Å². The normalized spacial score (nSPS) is 14.8. The van der Waals surface area contributed by atoms with E-state index in [0.29, 0.717) is 33.9 Å². The van der Waals surface area contributed by atoms with E-state index in [0.717, 1.165) is 16.5 Å². The van der Waals surface area contributed by atoms with Gasteiger partial charge >= 0.3 is 0 Å². The monoisotopic (exact) mass is 455 g/mol. The zero-order valence-electron chi connectivity index (χ0n) is 17.4. The molecule has 0 aliphatic carbocycles. The van der Waals surface area contributed by atoms with E-state index in [1.165, 1.54) is 28.8 Å². The van der Waals surface area contributed by atoms with E-state index in [1.54, 1.807) is 18.2 Å². The van der Waals surface area contributed by atoms with Gasteiger partial charge in [-0.25, -0.2) is 19.4 Å². The number of rotatable bonds is 4. The second kappa shape index (κ2) is 8.84. The van der Waals surface area contributed by atoms with Gasteiger partial charge in [-0.1, -0.05) is 54.2 Å². The smallest absolute Gasteiger partial charge is 0.283 e. The molecule has 1 aromatic heterocycles. The summed E-state index contributed by atoms with van der Waals surface area (Å²) in [6.45, 7) is 0. The molecule has 33 heavy (non-hydrogen) atoms. The Morgan fingerprint density at radius 3 is 2.45 bits per heavy atom. The molecule has 1 amide bonds. The maximum absolute atomic E-state index is 13.5. The molecule has 0 fully saturated rings. The molecule has 4 aromatic rings. The van der Waals surface area contributed by atoms with E-state index in [2.05, 4.69) is 15.0 Å². The second-order valence-corrected chi connectivity index (χ2v) is 8.23. The molecule has 3 aromatic carbocycles. The number of benzene rings is 3. The highest BCUT2D eigenvalue weighted by Crippen LogP contribution is 2.31. The average Bonchev–Trinajstić information content (AvgIpc) is 3.14. The number of aromatic nitrogens is 2. The first kappa shape index (κ1) is 20.8. The maximum Gasteiger partial charge on any atom is 0.283 e. The van der Waals surface area contributed by atoms with E-state index in [1.807, 2.05) is 54.6 Å². The van der Waals surface area contributed by atoms with Crippen molar-refractivity contribution in [2.24, 2.45) is 4.99 Å². The van der Waals surface area contributed by atoms with Crippen LogP contribution >= 0.6 is 11.8 Å². The number of fused-ring (bicyclic) bond motifs is 1. The number of nitrogens with two attached hydrogens (primary N) is 1. The topological polar surface area (TPSA) is 84.5 Å². The summed E-state index contributed by atoms with van der Waals surface area (Å²) in [5.74, 6) is 0.632. The third-order valence-electron chi connectivity index (χ3n) is 5.03. The van der Waals surface area contributed by atoms with E-state index in [9.17, 15) is 9.18 Å². The fourth-order valence-electron chi connectivity index (χ4n) is 3.46. The Morgan fingerprint density at radius 2 is 1.67 bits per heavy atom. The van der Waals surface area contributed by atoms with Gasteiger partial charge in [-0.3, -0.25) is 9.69 Å². The molecule has 6 nitrogen and oxygen atoms in total. The summed E-state index contributed by atoms with van der Waals surface area (Å²) in [5.41, 5.74) is 8.55. The number of nitrogen functional groups attached to an aromatic ring is 1. The van der Waals surface area contributed by atoms with Crippen LogP contribution in [0.4, 0.5) is 15.9 Å². The minimum Gasteiger partial charge on any atom is -0.383 e. The van der Waals surface area contributed by atoms with E-state index < -0.39 is 0 Å². The lowest BCUT2D eigenvalue weighted by Crippen LogP contribution is -2.30. The lowest BCUT2D eigenvalue weighted by molar-refractivity contribution is -0.113.